The summed E-state index contributed by atoms with van der Waals surface area (Å²) in [5.41, 5.74) is 0.182. The summed E-state index contributed by atoms with van der Waals surface area (Å²) in [7, 11) is 0. The molecule has 1 amide bonds. The van der Waals surface area contributed by atoms with Gasteiger partial charge in [-0.15, -0.1) is 0 Å². The zero-order chi connectivity index (χ0) is 17.8. The highest BCUT2D eigenvalue weighted by molar-refractivity contribution is 5.96. The zero-order valence-corrected chi connectivity index (χ0v) is 14.6. The Bertz CT molecular complexity index is 519. The van der Waals surface area contributed by atoms with E-state index in [9.17, 15) is 14.0 Å². The van der Waals surface area contributed by atoms with Gasteiger partial charge in [0.1, 0.15) is 11.9 Å². The molecule has 134 valence electrons. The lowest BCUT2D eigenvalue weighted by molar-refractivity contribution is -0.145. The van der Waals surface area contributed by atoms with Crippen LogP contribution in [0.25, 0.3) is 0 Å². The van der Waals surface area contributed by atoms with Crippen LogP contribution in [0.4, 0.5) is 4.39 Å². The van der Waals surface area contributed by atoms with E-state index in [0.29, 0.717) is 6.61 Å². The topological polar surface area (TPSA) is 55.4 Å². The van der Waals surface area contributed by atoms with Gasteiger partial charge in [-0.05, 0) is 31.5 Å². The van der Waals surface area contributed by atoms with Crippen LogP contribution in [0.1, 0.15) is 69.2 Å². The Kier molecular flexibility index (Phi) is 9.73. The van der Waals surface area contributed by atoms with Gasteiger partial charge in [0.2, 0.25) is 0 Å². The molecule has 1 unspecified atom stereocenters. The second-order valence-corrected chi connectivity index (χ2v) is 5.99. The molecule has 0 aliphatic carbocycles. The molecule has 0 aliphatic rings. The molecule has 0 aromatic heterocycles. The van der Waals surface area contributed by atoms with E-state index in [1.165, 1.54) is 43.9 Å². The number of rotatable bonds is 11. The van der Waals surface area contributed by atoms with Gasteiger partial charge in [0.15, 0.2) is 0 Å². The standard InChI is InChI=1S/C19H28FNO3/c1-3-4-5-6-7-8-9-13-24-19(23)15(2)21-18(22)16-11-10-12-17(20)14-16/h10-12,14-15H,3-9,13H2,1-2H3,(H,21,22). The predicted octanol–water partition coefficient (Wildman–Crippen LogP) is 4.24. The van der Waals surface area contributed by atoms with Crippen LogP contribution in [-0.4, -0.2) is 24.5 Å². The number of ether oxygens (including phenoxy) is 1. The minimum Gasteiger partial charge on any atom is -0.464 e. The molecule has 1 aromatic carbocycles. The van der Waals surface area contributed by atoms with Crippen LogP contribution >= 0.6 is 0 Å². The Hall–Kier alpha value is -1.91. The second-order valence-electron chi connectivity index (χ2n) is 5.99. The smallest absolute Gasteiger partial charge is 0.328 e. The number of benzene rings is 1. The molecule has 1 atom stereocenters. The van der Waals surface area contributed by atoms with Crippen molar-refractivity contribution < 1.29 is 18.7 Å². The largest absolute Gasteiger partial charge is 0.464 e. The molecule has 0 bridgehead atoms. The van der Waals surface area contributed by atoms with Crippen LogP contribution in [0.3, 0.4) is 0 Å². The van der Waals surface area contributed by atoms with E-state index in [1.54, 1.807) is 6.92 Å². The fourth-order valence-electron chi connectivity index (χ4n) is 2.33. The highest BCUT2D eigenvalue weighted by atomic mass is 19.1. The molecule has 4 nitrogen and oxygen atoms in total. The van der Waals surface area contributed by atoms with Crippen LogP contribution < -0.4 is 5.32 Å². The number of halogens is 1. The average molecular weight is 337 g/mol. The maximum atomic E-state index is 13.1. The van der Waals surface area contributed by atoms with E-state index in [4.69, 9.17) is 4.74 Å². The average Bonchev–Trinajstić information content (AvgIpc) is 2.57. The zero-order valence-electron chi connectivity index (χ0n) is 14.6. The molecule has 0 radical (unpaired) electrons. The molecule has 0 heterocycles. The SMILES string of the molecule is CCCCCCCCCOC(=O)C(C)NC(=O)c1cccc(F)c1. The normalized spacial score (nSPS) is 11.8. The summed E-state index contributed by atoms with van der Waals surface area (Å²) in [4.78, 5) is 23.8. The monoisotopic (exact) mass is 337 g/mol. The Balaban J connectivity index is 2.19. The van der Waals surface area contributed by atoms with Crippen molar-refractivity contribution in [2.24, 2.45) is 0 Å². The number of carbonyl (C=O) groups excluding carboxylic acids is 2. The van der Waals surface area contributed by atoms with Crippen molar-refractivity contribution in [3.8, 4) is 0 Å². The van der Waals surface area contributed by atoms with E-state index in [2.05, 4.69) is 12.2 Å². The fourth-order valence-corrected chi connectivity index (χ4v) is 2.33. The molecule has 5 heteroatoms. The molecule has 0 saturated heterocycles. The number of hydrogen-bond acceptors (Lipinski definition) is 3. The summed E-state index contributed by atoms with van der Waals surface area (Å²) in [5.74, 6) is -1.45. The number of hydrogen-bond donors (Lipinski definition) is 1. The number of carbonyl (C=O) groups is 2. The molecule has 0 saturated carbocycles. The van der Waals surface area contributed by atoms with Crippen molar-refractivity contribution in [2.45, 2.75) is 64.8 Å². The minimum absolute atomic E-state index is 0.182. The Labute approximate surface area is 143 Å². The quantitative estimate of drug-likeness (QED) is 0.485. The van der Waals surface area contributed by atoms with Crippen molar-refractivity contribution in [3.63, 3.8) is 0 Å². The number of esters is 1. The van der Waals surface area contributed by atoms with Crippen LogP contribution in [0.2, 0.25) is 0 Å². The number of amides is 1. The lowest BCUT2D eigenvalue weighted by Crippen LogP contribution is -2.39. The first-order valence-corrected chi connectivity index (χ1v) is 8.77. The second kappa shape index (κ2) is 11.6. The molecule has 0 fully saturated rings. The van der Waals surface area contributed by atoms with Gasteiger partial charge < -0.3 is 10.1 Å². The van der Waals surface area contributed by atoms with Crippen LogP contribution in [0, 0.1) is 5.82 Å². The highest BCUT2D eigenvalue weighted by Gasteiger charge is 2.18. The fraction of sp³-hybridized carbons (Fsp3) is 0.579. The van der Waals surface area contributed by atoms with Gasteiger partial charge >= 0.3 is 5.97 Å². The molecular formula is C19H28FNO3. The van der Waals surface area contributed by atoms with Crippen molar-refractivity contribution in [3.05, 3.63) is 35.6 Å². The number of unbranched alkanes of at least 4 members (excludes halogenated alkanes) is 6. The predicted molar refractivity (Wildman–Crippen MR) is 92.3 cm³/mol. The van der Waals surface area contributed by atoms with Crippen molar-refractivity contribution >= 4 is 11.9 Å². The minimum atomic E-state index is -0.759. The maximum absolute atomic E-state index is 13.1. The summed E-state index contributed by atoms with van der Waals surface area (Å²) in [6, 6.07) is 4.58. The summed E-state index contributed by atoms with van der Waals surface area (Å²) in [6.07, 6.45) is 8.03. The van der Waals surface area contributed by atoms with Gasteiger partial charge in [0, 0.05) is 5.56 Å². The number of nitrogens with one attached hydrogen (secondary N) is 1. The Morgan fingerprint density at radius 3 is 2.46 bits per heavy atom. The Morgan fingerprint density at radius 2 is 1.79 bits per heavy atom. The van der Waals surface area contributed by atoms with Gasteiger partial charge in [-0.1, -0.05) is 51.5 Å². The lowest BCUT2D eigenvalue weighted by Gasteiger charge is -2.13. The third-order valence-electron chi connectivity index (χ3n) is 3.78. The Morgan fingerprint density at radius 1 is 1.12 bits per heavy atom. The first-order chi connectivity index (χ1) is 11.5. The van der Waals surface area contributed by atoms with Crippen molar-refractivity contribution in [2.75, 3.05) is 6.61 Å². The third-order valence-corrected chi connectivity index (χ3v) is 3.78. The van der Waals surface area contributed by atoms with Gasteiger partial charge in [0.05, 0.1) is 6.61 Å². The van der Waals surface area contributed by atoms with Crippen molar-refractivity contribution in [1.29, 1.82) is 0 Å². The first-order valence-electron chi connectivity index (χ1n) is 8.77. The van der Waals surface area contributed by atoms with E-state index >= 15 is 0 Å². The summed E-state index contributed by atoms with van der Waals surface area (Å²) in [6.45, 7) is 4.12. The molecule has 1 aromatic rings. The first kappa shape index (κ1) is 20.1. The van der Waals surface area contributed by atoms with Gasteiger partial charge in [-0.25, -0.2) is 9.18 Å². The molecule has 1 N–H and O–H groups in total. The van der Waals surface area contributed by atoms with E-state index in [0.717, 1.165) is 25.3 Å². The highest BCUT2D eigenvalue weighted by Crippen LogP contribution is 2.07. The molecule has 0 spiro atoms. The third kappa shape index (κ3) is 8.09. The molecule has 24 heavy (non-hydrogen) atoms. The molecule has 0 aliphatic heterocycles. The van der Waals surface area contributed by atoms with Crippen molar-refractivity contribution in [1.82, 2.24) is 5.32 Å². The van der Waals surface area contributed by atoms with Crippen LogP contribution in [-0.2, 0) is 9.53 Å². The molecule has 1 rings (SSSR count). The summed E-state index contributed by atoms with van der Waals surface area (Å²) >= 11 is 0. The maximum Gasteiger partial charge on any atom is 0.328 e. The van der Waals surface area contributed by atoms with Gasteiger partial charge in [-0.2, -0.15) is 0 Å². The van der Waals surface area contributed by atoms with E-state index in [1.807, 2.05) is 0 Å². The van der Waals surface area contributed by atoms with Gasteiger partial charge in [-0.3, -0.25) is 4.79 Å². The van der Waals surface area contributed by atoms with E-state index in [-0.39, 0.29) is 5.56 Å². The summed E-state index contributed by atoms with van der Waals surface area (Å²) in [5, 5.41) is 2.52. The van der Waals surface area contributed by atoms with Crippen LogP contribution in [0.15, 0.2) is 24.3 Å². The van der Waals surface area contributed by atoms with E-state index < -0.39 is 23.7 Å². The van der Waals surface area contributed by atoms with Crippen LogP contribution in [0.5, 0.6) is 0 Å². The lowest BCUT2D eigenvalue weighted by atomic mass is 10.1. The summed E-state index contributed by atoms with van der Waals surface area (Å²) < 4.78 is 18.3. The molecular weight excluding hydrogens is 309 g/mol. The van der Waals surface area contributed by atoms with Gasteiger partial charge in [0.25, 0.3) is 5.91 Å².